The van der Waals surface area contributed by atoms with Crippen LogP contribution in [0.1, 0.15) is 43.5 Å². The van der Waals surface area contributed by atoms with Gasteiger partial charge in [0.05, 0.1) is 10.7 Å². The third kappa shape index (κ3) is 4.99. The van der Waals surface area contributed by atoms with Gasteiger partial charge in [0.1, 0.15) is 0 Å². The molecule has 1 aliphatic carbocycles. The van der Waals surface area contributed by atoms with Crippen molar-refractivity contribution in [2.45, 2.75) is 38.3 Å². The fourth-order valence-electron chi connectivity index (χ4n) is 3.67. The highest BCUT2D eigenvalue weighted by atomic mass is 35.5. The molecule has 168 valence electrons. The number of aromatic nitrogens is 5. The third-order valence-corrected chi connectivity index (χ3v) is 6.16. The minimum Gasteiger partial charge on any atom is -0.298 e. The lowest BCUT2D eigenvalue weighted by molar-refractivity contribution is -0.146. The average molecular weight is 483 g/mol. The van der Waals surface area contributed by atoms with Gasteiger partial charge in [-0.15, -0.1) is 16.4 Å². The number of carbonyl (C=O) groups is 1. The summed E-state index contributed by atoms with van der Waals surface area (Å²) in [7, 11) is 0. The van der Waals surface area contributed by atoms with Gasteiger partial charge in [-0.1, -0.05) is 43.0 Å². The molecule has 1 amide bonds. The molecule has 0 unspecified atom stereocenters. The zero-order chi connectivity index (χ0) is 22.7. The SMILES string of the molecule is O=C(Nc1nccs1)C(=CC1CCCCC1)c1ccc(-n2nnnc2C(F)(F)F)cc1Cl. The maximum absolute atomic E-state index is 13.2. The lowest BCUT2D eigenvalue weighted by atomic mass is 9.86. The molecule has 7 nitrogen and oxygen atoms in total. The molecule has 1 aliphatic rings. The fourth-order valence-corrected chi connectivity index (χ4v) is 4.47. The summed E-state index contributed by atoms with van der Waals surface area (Å²) in [5.74, 6) is -1.42. The molecule has 4 rings (SSSR count). The molecule has 0 saturated heterocycles. The summed E-state index contributed by atoms with van der Waals surface area (Å²) in [5, 5.41) is 14.7. The molecule has 1 saturated carbocycles. The maximum Gasteiger partial charge on any atom is 0.453 e. The van der Waals surface area contributed by atoms with E-state index in [9.17, 15) is 18.0 Å². The molecule has 3 aromatic rings. The van der Waals surface area contributed by atoms with E-state index < -0.39 is 12.0 Å². The van der Waals surface area contributed by atoms with Gasteiger partial charge in [0, 0.05) is 22.7 Å². The summed E-state index contributed by atoms with van der Waals surface area (Å²) in [4.78, 5) is 17.2. The second-order valence-electron chi connectivity index (χ2n) is 7.35. The van der Waals surface area contributed by atoms with Crippen LogP contribution in [0.4, 0.5) is 18.3 Å². The molecule has 0 atom stereocenters. The van der Waals surface area contributed by atoms with Crippen LogP contribution in [0.3, 0.4) is 0 Å². The second kappa shape index (κ2) is 9.37. The van der Waals surface area contributed by atoms with Crippen LogP contribution in [0, 0.1) is 5.92 Å². The average Bonchev–Trinajstić information content (AvgIpc) is 3.45. The zero-order valence-corrected chi connectivity index (χ0v) is 18.2. The summed E-state index contributed by atoms with van der Waals surface area (Å²) in [5.41, 5.74) is 0.807. The number of hydrogen-bond acceptors (Lipinski definition) is 6. The first-order valence-corrected chi connectivity index (χ1v) is 11.2. The Morgan fingerprint density at radius 3 is 2.69 bits per heavy atom. The number of nitrogens with one attached hydrogen (secondary N) is 1. The van der Waals surface area contributed by atoms with Crippen LogP contribution in [0.15, 0.2) is 35.9 Å². The van der Waals surface area contributed by atoms with Crippen molar-refractivity contribution in [3.8, 4) is 5.69 Å². The van der Waals surface area contributed by atoms with E-state index in [1.165, 1.54) is 29.5 Å². The number of halogens is 4. The van der Waals surface area contributed by atoms with Crippen LogP contribution >= 0.6 is 22.9 Å². The van der Waals surface area contributed by atoms with Gasteiger partial charge >= 0.3 is 6.18 Å². The quantitative estimate of drug-likeness (QED) is 0.492. The van der Waals surface area contributed by atoms with Crippen molar-refractivity contribution < 1.29 is 18.0 Å². The van der Waals surface area contributed by atoms with E-state index >= 15 is 0 Å². The highest BCUT2D eigenvalue weighted by molar-refractivity contribution is 7.13. The normalized spacial score (nSPS) is 15.7. The number of allylic oxidation sites excluding steroid dienone is 1. The molecule has 12 heteroatoms. The molecular weight excluding hydrogens is 465 g/mol. The molecule has 2 aromatic heterocycles. The standard InChI is InChI=1S/C20H18ClF3N6OS/c21-16-11-13(30-18(20(22,23)24)27-28-29-30)6-7-14(16)15(10-12-4-2-1-3-5-12)17(31)26-19-25-8-9-32-19/h6-12H,1-5H2,(H,25,26,31). The van der Waals surface area contributed by atoms with Crippen molar-refractivity contribution in [3.63, 3.8) is 0 Å². The molecule has 0 aliphatic heterocycles. The molecule has 32 heavy (non-hydrogen) atoms. The second-order valence-corrected chi connectivity index (χ2v) is 8.65. The van der Waals surface area contributed by atoms with Gasteiger partial charge in [-0.05, 0) is 41.3 Å². The first kappa shape index (κ1) is 22.4. The van der Waals surface area contributed by atoms with E-state index in [1.807, 2.05) is 6.08 Å². The Kier molecular flexibility index (Phi) is 6.56. The Bertz CT molecular complexity index is 1120. The number of thiazole rings is 1. The van der Waals surface area contributed by atoms with Crippen LogP contribution < -0.4 is 5.32 Å². The molecule has 0 radical (unpaired) electrons. The van der Waals surface area contributed by atoms with Crippen LogP contribution in [0.5, 0.6) is 0 Å². The van der Waals surface area contributed by atoms with E-state index in [2.05, 4.69) is 25.8 Å². The Morgan fingerprint density at radius 2 is 2.03 bits per heavy atom. The number of benzene rings is 1. The highest BCUT2D eigenvalue weighted by Crippen LogP contribution is 2.34. The minimum atomic E-state index is -4.73. The number of tetrazole rings is 1. The van der Waals surface area contributed by atoms with Crippen LogP contribution in [-0.2, 0) is 11.0 Å². The number of nitrogens with zero attached hydrogens (tertiary/aromatic N) is 5. The lowest BCUT2D eigenvalue weighted by Gasteiger charge is -2.20. The third-order valence-electron chi connectivity index (χ3n) is 5.16. The summed E-state index contributed by atoms with van der Waals surface area (Å²) < 4.78 is 40.0. The monoisotopic (exact) mass is 482 g/mol. The van der Waals surface area contributed by atoms with Gasteiger partial charge in [-0.2, -0.15) is 17.9 Å². The molecule has 1 N–H and O–H groups in total. The fraction of sp³-hybridized carbons (Fsp3) is 0.350. The van der Waals surface area contributed by atoms with Gasteiger partial charge in [0.25, 0.3) is 11.7 Å². The van der Waals surface area contributed by atoms with Crippen molar-refractivity contribution in [2.24, 2.45) is 5.92 Å². The Labute approximate surface area is 190 Å². The Hall–Kier alpha value is -2.79. The molecule has 2 heterocycles. The predicted octanol–water partition coefficient (Wildman–Crippen LogP) is 5.39. The number of hydrogen-bond donors (Lipinski definition) is 1. The van der Waals surface area contributed by atoms with E-state index in [1.54, 1.807) is 11.6 Å². The predicted molar refractivity (Wildman–Crippen MR) is 114 cm³/mol. The summed E-state index contributed by atoms with van der Waals surface area (Å²) in [6, 6.07) is 4.22. The van der Waals surface area contributed by atoms with E-state index in [0.29, 0.717) is 20.9 Å². The Balaban J connectivity index is 1.70. The molecule has 1 aromatic carbocycles. The van der Waals surface area contributed by atoms with Crippen molar-refractivity contribution >= 4 is 39.5 Å². The van der Waals surface area contributed by atoms with Crippen LogP contribution in [0.2, 0.25) is 5.02 Å². The van der Waals surface area contributed by atoms with Crippen LogP contribution in [-0.4, -0.2) is 31.1 Å². The first-order valence-electron chi connectivity index (χ1n) is 9.91. The number of rotatable bonds is 5. The lowest BCUT2D eigenvalue weighted by Crippen LogP contribution is -2.16. The summed E-state index contributed by atoms with van der Waals surface area (Å²) in [6.07, 6.45) is 4.00. The van der Waals surface area contributed by atoms with Gasteiger partial charge in [0.2, 0.25) is 0 Å². The van der Waals surface area contributed by atoms with E-state index in [-0.39, 0.29) is 22.5 Å². The largest absolute Gasteiger partial charge is 0.453 e. The van der Waals surface area contributed by atoms with Crippen molar-refractivity contribution in [3.05, 3.63) is 52.3 Å². The van der Waals surface area contributed by atoms with E-state index in [4.69, 9.17) is 11.6 Å². The van der Waals surface area contributed by atoms with Crippen molar-refractivity contribution in [1.29, 1.82) is 0 Å². The van der Waals surface area contributed by atoms with Crippen molar-refractivity contribution in [2.75, 3.05) is 5.32 Å². The van der Waals surface area contributed by atoms with Gasteiger partial charge < -0.3 is 0 Å². The number of amides is 1. The number of carbonyl (C=O) groups excluding carboxylic acids is 1. The molecular formula is C20H18ClF3N6OS. The van der Waals surface area contributed by atoms with Gasteiger partial charge in [-0.25, -0.2) is 4.98 Å². The summed E-state index contributed by atoms with van der Waals surface area (Å²) in [6.45, 7) is 0. The molecule has 0 spiro atoms. The maximum atomic E-state index is 13.2. The topological polar surface area (TPSA) is 85.6 Å². The smallest absolute Gasteiger partial charge is 0.298 e. The van der Waals surface area contributed by atoms with Gasteiger partial charge in [-0.3, -0.25) is 10.1 Å². The van der Waals surface area contributed by atoms with Crippen molar-refractivity contribution in [1.82, 2.24) is 25.2 Å². The first-order chi connectivity index (χ1) is 15.3. The molecule has 1 fully saturated rings. The minimum absolute atomic E-state index is 0.0356. The number of anilines is 1. The summed E-state index contributed by atoms with van der Waals surface area (Å²) >= 11 is 7.74. The molecule has 0 bridgehead atoms. The van der Waals surface area contributed by atoms with Crippen LogP contribution in [0.25, 0.3) is 11.3 Å². The zero-order valence-electron chi connectivity index (χ0n) is 16.6. The highest BCUT2D eigenvalue weighted by Gasteiger charge is 2.38. The van der Waals surface area contributed by atoms with E-state index in [0.717, 1.165) is 32.1 Å². The Morgan fingerprint density at radius 1 is 1.25 bits per heavy atom. The van der Waals surface area contributed by atoms with Gasteiger partial charge in [0.15, 0.2) is 5.13 Å². The number of alkyl halides is 3.